The SMILES string of the molecule is C1=CN2C=c3ccccc3=CC=C2N=C1. The molecule has 0 amide bonds. The Morgan fingerprint density at radius 3 is 2.80 bits per heavy atom. The number of hydrogen-bond donors (Lipinski definition) is 0. The average molecular weight is 194 g/mol. The Morgan fingerprint density at radius 2 is 1.87 bits per heavy atom. The van der Waals surface area contributed by atoms with Crippen molar-refractivity contribution in [2.24, 2.45) is 4.99 Å². The molecular weight excluding hydrogens is 184 g/mol. The molecule has 0 spiro atoms. The first kappa shape index (κ1) is 8.24. The standard InChI is InChI=1S/C13H10N2/c1-2-5-12-10-15-9-3-8-14-13(15)7-6-11(12)4-1/h1-10H. The largest absolute Gasteiger partial charge is 0.308 e. The molecule has 1 aromatic carbocycles. The van der Waals surface area contributed by atoms with E-state index >= 15 is 0 Å². The van der Waals surface area contributed by atoms with Crippen molar-refractivity contribution in [1.82, 2.24) is 4.90 Å². The summed E-state index contributed by atoms with van der Waals surface area (Å²) < 4.78 is 0. The van der Waals surface area contributed by atoms with Gasteiger partial charge in [-0.3, -0.25) is 0 Å². The van der Waals surface area contributed by atoms with Crippen LogP contribution in [0.3, 0.4) is 0 Å². The van der Waals surface area contributed by atoms with Crippen molar-refractivity contribution in [2.75, 3.05) is 0 Å². The van der Waals surface area contributed by atoms with E-state index in [4.69, 9.17) is 0 Å². The van der Waals surface area contributed by atoms with Crippen LogP contribution in [0.2, 0.25) is 0 Å². The van der Waals surface area contributed by atoms with Gasteiger partial charge in [-0.1, -0.05) is 30.3 Å². The van der Waals surface area contributed by atoms with E-state index in [0.29, 0.717) is 0 Å². The smallest absolute Gasteiger partial charge is 0.136 e. The number of fused-ring (bicyclic) bond motifs is 2. The van der Waals surface area contributed by atoms with E-state index in [9.17, 15) is 0 Å². The van der Waals surface area contributed by atoms with Gasteiger partial charge in [-0.2, -0.15) is 0 Å². The Morgan fingerprint density at radius 1 is 1.00 bits per heavy atom. The Bertz CT molecular complexity index is 591. The Balaban J connectivity index is 2.28. The van der Waals surface area contributed by atoms with Crippen molar-refractivity contribution in [2.45, 2.75) is 0 Å². The van der Waals surface area contributed by atoms with Crippen molar-refractivity contribution in [1.29, 1.82) is 0 Å². The summed E-state index contributed by atoms with van der Waals surface area (Å²) in [6.07, 6.45) is 12.0. The fraction of sp³-hybridized carbons (Fsp3) is 0. The summed E-state index contributed by atoms with van der Waals surface area (Å²) in [5, 5.41) is 2.44. The van der Waals surface area contributed by atoms with Crippen LogP contribution in [0.15, 0.2) is 53.4 Å². The highest BCUT2D eigenvalue weighted by molar-refractivity contribution is 5.74. The first-order valence-electron chi connectivity index (χ1n) is 4.92. The Labute approximate surface area is 87.9 Å². The lowest BCUT2D eigenvalue weighted by Crippen LogP contribution is -2.25. The van der Waals surface area contributed by atoms with Gasteiger partial charge in [0.1, 0.15) is 5.82 Å². The van der Waals surface area contributed by atoms with Gasteiger partial charge in [0.05, 0.1) is 0 Å². The maximum absolute atomic E-state index is 4.31. The van der Waals surface area contributed by atoms with Gasteiger partial charge in [0.2, 0.25) is 0 Å². The molecular formula is C13H10N2. The molecule has 2 nitrogen and oxygen atoms in total. The van der Waals surface area contributed by atoms with Gasteiger partial charge >= 0.3 is 0 Å². The molecule has 0 atom stereocenters. The third-order valence-electron chi connectivity index (χ3n) is 2.49. The van der Waals surface area contributed by atoms with Crippen LogP contribution in [0, 0.1) is 0 Å². The monoisotopic (exact) mass is 194 g/mol. The summed E-state index contributed by atoms with van der Waals surface area (Å²) in [6.45, 7) is 0. The summed E-state index contributed by atoms with van der Waals surface area (Å²) in [5.74, 6) is 0.953. The van der Waals surface area contributed by atoms with Crippen molar-refractivity contribution in [3.63, 3.8) is 0 Å². The Hall–Kier alpha value is -2.09. The van der Waals surface area contributed by atoms with E-state index in [1.54, 1.807) is 6.21 Å². The Kier molecular flexibility index (Phi) is 1.78. The van der Waals surface area contributed by atoms with Crippen LogP contribution in [-0.4, -0.2) is 11.1 Å². The van der Waals surface area contributed by atoms with Crippen molar-refractivity contribution >= 4 is 18.5 Å². The molecule has 2 heterocycles. The molecule has 0 bridgehead atoms. The van der Waals surface area contributed by atoms with Crippen LogP contribution in [-0.2, 0) is 0 Å². The lowest BCUT2D eigenvalue weighted by atomic mass is 10.2. The molecule has 0 fully saturated rings. The molecule has 0 aliphatic carbocycles. The second kappa shape index (κ2) is 3.24. The van der Waals surface area contributed by atoms with Crippen molar-refractivity contribution in [3.05, 3.63) is 58.9 Å². The topological polar surface area (TPSA) is 15.6 Å². The van der Waals surface area contributed by atoms with E-state index in [1.165, 1.54) is 10.4 Å². The van der Waals surface area contributed by atoms with Gasteiger partial charge in [-0.15, -0.1) is 0 Å². The maximum Gasteiger partial charge on any atom is 0.136 e. The molecule has 0 saturated carbocycles. The predicted molar refractivity (Wildman–Crippen MR) is 62.2 cm³/mol. The van der Waals surface area contributed by atoms with Gasteiger partial charge in [0.15, 0.2) is 0 Å². The predicted octanol–water partition coefficient (Wildman–Crippen LogP) is 0.960. The molecule has 0 unspecified atom stereocenters. The van der Waals surface area contributed by atoms with Crippen LogP contribution in [0.5, 0.6) is 0 Å². The zero-order valence-corrected chi connectivity index (χ0v) is 8.17. The van der Waals surface area contributed by atoms with Gasteiger partial charge in [0.25, 0.3) is 0 Å². The molecule has 1 aromatic rings. The number of rotatable bonds is 0. The van der Waals surface area contributed by atoms with E-state index in [0.717, 1.165) is 5.82 Å². The van der Waals surface area contributed by atoms with Crippen molar-refractivity contribution < 1.29 is 0 Å². The van der Waals surface area contributed by atoms with E-state index < -0.39 is 0 Å². The number of aliphatic imine (C=N–C) groups is 1. The molecule has 72 valence electrons. The van der Waals surface area contributed by atoms with Crippen LogP contribution >= 0.6 is 0 Å². The van der Waals surface area contributed by atoms with Gasteiger partial charge in [0, 0.05) is 18.6 Å². The highest BCUT2D eigenvalue weighted by Crippen LogP contribution is 2.11. The maximum atomic E-state index is 4.31. The first-order valence-corrected chi connectivity index (χ1v) is 4.92. The summed E-state index contributed by atoms with van der Waals surface area (Å²) >= 11 is 0. The van der Waals surface area contributed by atoms with Crippen LogP contribution in [0.25, 0.3) is 12.3 Å². The van der Waals surface area contributed by atoms with E-state index in [1.807, 2.05) is 35.4 Å². The average Bonchev–Trinajstić information content (AvgIpc) is 2.48. The van der Waals surface area contributed by atoms with Gasteiger partial charge in [-0.05, 0) is 22.6 Å². The lowest BCUT2D eigenvalue weighted by molar-refractivity contribution is 0.668. The molecule has 2 heteroatoms. The molecule has 15 heavy (non-hydrogen) atoms. The van der Waals surface area contributed by atoms with Crippen LogP contribution < -0.4 is 10.4 Å². The molecule has 0 N–H and O–H groups in total. The molecule has 0 aromatic heterocycles. The summed E-state index contributed by atoms with van der Waals surface area (Å²) in [5.41, 5.74) is 0. The van der Waals surface area contributed by atoms with Crippen LogP contribution in [0.1, 0.15) is 0 Å². The molecule has 2 aliphatic heterocycles. The number of benzene rings is 1. The van der Waals surface area contributed by atoms with Gasteiger partial charge in [-0.25, -0.2) is 4.99 Å². The van der Waals surface area contributed by atoms with Gasteiger partial charge < -0.3 is 4.90 Å². The molecule has 0 saturated heterocycles. The molecule has 3 rings (SSSR count). The number of nitrogens with zero attached hydrogens (tertiary/aromatic N) is 2. The minimum absolute atomic E-state index is 0.953. The zero-order valence-electron chi connectivity index (χ0n) is 8.17. The quantitative estimate of drug-likeness (QED) is 0.600. The highest BCUT2D eigenvalue weighted by atomic mass is 15.2. The minimum Gasteiger partial charge on any atom is -0.308 e. The van der Waals surface area contributed by atoms with Crippen molar-refractivity contribution in [3.8, 4) is 0 Å². The molecule has 0 radical (unpaired) electrons. The van der Waals surface area contributed by atoms with E-state index in [2.05, 4.69) is 29.4 Å². The fourth-order valence-corrected chi connectivity index (χ4v) is 1.73. The number of allylic oxidation sites excluding steroid dienone is 2. The highest BCUT2D eigenvalue weighted by Gasteiger charge is 2.05. The third-order valence-corrected chi connectivity index (χ3v) is 2.49. The summed E-state index contributed by atoms with van der Waals surface area (Å²) in [7, 11) is 0. The fourth-order valence-electron chi connectivity index (χ4n) is 1.73. The minimum atomic E-state index is 0.953. The lowest BCUT2D eigenvalue weighted by Gasteiger charge is -2.16. The summed E-state index contributed by atoms with van der Waals surface area (Å²) in [6, 6.07) is 8.31. The summed E-state index contributed by atoms with van der Waals surface area (Å²) in [4.78, 5) is 6.34. The second-order valence-electron chi connectivity index (χ2n) is 3.48. The van der Waals surface area contributed by atoms with Crippen LogP contribution in [0.4, 0.5) is 0 Å². The number of hydrogen-bond acceptors (Lipinski definition) is 2. The van der Waals surface area contributed by atoms with E-state index in [-0.39, 0.29) is 0 Å². The normalized spacial score (nSPS) is 16.8. The first-order chi connectivity index (χ1) is 7.43. The zero-order chi connectivity index (χ0) is 10.1. The molecule has 2 aliphatic rings. The second-order valence-corrected chi connectivity index (χ2v) is 3.48. The third kappa shape index (κ3) is 1.40.